The SMILES string of the molecule is Cc1ccc(-c2ccc3c(c2)Cc2cc(C)ncc2-3)c(C)c1. The van der Waals surface area contributed by atoms with Gasteiger partial charge < -0.3 is 0 Å². The fourth-order valence-electron chi connectivity index (χ4n) is 3.52. The Bertz CT molecular complexity index is 890. The molecule has 0 amide bonds. The highest BCUT2D eigenvalue weighted by Crippen LogP contribution is 2.38. The Morgan fingerprint density at radius 1 is 0.773 bits per heavy atom. The normalized spacial score (nSPS) is 12.1. The van der Waals surface area contributed by atoms with Gasteiger partial charge in [-0.25, -0.2) is 0 Å². The maximum Gasteiger partial charge on any atom is 0.0375 e. The van der Waals surface area contributed by atoms with E-state index in [-0.39, 0.29) is 0 Å². The van der Waals surface area contributed by atoms with Gasteiger partial charge in [-0.15, -0.1) is 0 Å². The van der Waals surface area contributed by atoms with Gasteiger partial charge in [-0.05, 0) is 66.6 Å². The summed E-state index contributed by atoms with van der Waals surface area (Å²) in [5.74, 6) is 0. The van der Waals surface area contributed by atoms with E-state index in [1.54, 1.807) is 0 Å². The predicted molar refractivity (Wildman–Crippen MR) is 92.1 cm³/mol. The van der Waals surface area contributed by atoms with Crippen LogP contribution >= 0.6 is 0 Å². The molecule has 108 valence electrons. The van der Waals surface area contributed by atoms with E-state index < -0.39 is 0 Å². The first-order valence-corrected chi connectivity index (χ1v) is 7.78. The number of aryl methyl sites for hydroxylation is 3. The lowest BCUT2D eigenvalue weighted by atomic mass is 9.95. The smallest absolute Gasteiger partial charge is 0.0375 e. The van der Waals surface area contributed by atoms with E-state index in [2.05, 4.69) is 68.2 Å². The summed E-state index contributed by atoms with van der Waals surface area (Å²) in [7, 11) is 0. The van der Waals surface area contributed by atoms with Crippen molar-refractivity contribution in [2.45, 2.75) is 27.2 Å². The molecule has 1 heterocycles. The molecule has 0 spiro atoms. The van der Waals surface area contributed by atoms with E-state index in [0.29, 0.717) is 0 Å². The van der Waals surface area contributed by atoms with Gasteiger partial charge in [-0.2, -0.15) is 0 Å². The molecule has 1 nitrogen and oxygen atoms in total. The van der Waals surface area contributed by atoms with Gasteiger partial charge in [0.25, 0.3) is 0 Å². The third kappa shape index (κ3) is 2.05. The predicted octanol–water partition coefficient (Wildman–Crippen LogP) is 5.25. The van der Waals surface area contributed by atoms with E-state index >= 15 is 0 Å². The third-order valence-electron chi connectivity index (χ3n) is 4.60. The number of rotatable bonds is 1. The molecule has 0 atom stereocenters. The topological polar surface area (TPSA) is 12.9 Å². The Hall–Kier alpha value is -2.41. The molecule has 1 aromatic heterocycles. The molecule has 0 saturated carbocycles. The average Bonchev–Trinajstić information content (AvgIpc) is 2.83. The highest BCUT2D eigenvalue weighted by atomic mass is 14.7. The van der Waals surface area contributed by atoms with E-state index in [1.165, 1.54) is 44.5 Å². The van der Waals surface area contributed by atoms with Crippen LogP contribution in [0.2, 0.25) is 0 Å². The van der Waals surface area contributed by atoms with Crippen LogP contribution in [0.5, 0.6) is 0 Å². The fourth-order valence-corrected chi connectivity index (χ4v) is 3.52. The Labute approximate surface area is 131 Å². The second-order valence-electron chi connectivity index (χ2n) is 6.35. The summed E-state index contributed by atoms with van der Waals surface area (Å²) in [5, 5.41) is 0. The summed E-state index contributed by atoms with van der Waals surface area (Å²) in [6.07, 6.45) is 3.04. The second kappa shape index (κ2) is 4.81. The molecular weight excluding hydrogens is 266 g/mol. The number of fused-ring (bicyclic) bond motifs is 3. The van der Waals surface area contributed by atoms with Gasteiger partial charge in [0, 0.05) is 17.5 Å². The number of hydrogen-bond acceptors (Lipinski definition) is 1. The molecule has 2 aromatic carbocycles. The standard InChI is InChI=1S/C21H19N/c1-13-4-6-19(14(2)8-13)16-5-7-20-18(10-16)11-17-9-15(3)22-12-21(17)20/h4-10,12H,11H2,1-3H3. The minimum Gasteiger partial charge on any atom is -0.261 e. The zero-order chi connectivity index (χ0) is 15.3. The van der Waals surface area contributed by atoms with E-state index in [1.807, 2.05) is 6.20 Å². The summed E-state index contributed by atoms with van der Waals surface area (Å²) in [5.41, 5.74) is 11.9. The summed E-state index contributed by atoms with van der Waals surface area (Å²) in [4.78, 5) is 4.45. The molecule has 0 aliphatic heterocycles. The first-order chi connectivity index (χ1) is 10.6. The van der Waals surface area contributed by atoms with E-state index in [0.717, 1.165) is 12.1 Å². The number of pyridine rings is 1. The highest BCUT2D eigenvalue weighted by molar-refractivity contribution is 5.80. The molecular formula is C21H19N. The van der Waals surface area contributed by atoms with E-state index in [9.17, 15) is 0 Å². The van der Waals surface area contributed by atoms with E-state index in [4.69, 9.17) is 0 Å². The van der Waals surface area contributed by atoms with Crippen LogP contribution < -0.4 is 0 Å². The lowest BCUT2D eigenvalue weighted by molar-refractivity contribution is 1.16. The second-order valence-corrected chi connectivity index (χ2v) is 6.35. The zero-order valence-corrected chi connectivity index (χ0v) is 13.3. The molecule has 0 radical (unpaired) electrons. The van der Waals surface area contributed by atoms with Crippen LogP contribution in [0.3, 0.4) is 0 Å². The van der Waals surface area contributed by atoms with Crippen molar-refractivity contribution in [2.75, 3.05) is 0 Å². The van der Waals surface area contributed by atoms with Crippen LogP contribution in [0.25, 0.3) is 22.3 Å². The summed E-state index contributed by atoms with van der Waals surface area (Å²) >= 11 is 0. The van der Waals surface area contributed by atoms with Crippen molar-refractivity contribution in [2.24, 2.45) is 0 Å². The number of nitrogens with zero attached hydrogens (tertiary/aromatic N) is 1. The third-order valence-corrected chi connectivity index (χ3v) is 4.60. The van der Waals surface area contributed by atoms with Crippen LogP contribution in [-0.2, 0) is 6.42 Å². The fraction of sp³-hybridized carbons (Fsp3) is 0.190. The molecule has 1 aliphatic carbocycles. The number of benzene rings is 2. The van der Waals surface area contributed by atoms with Gasteiger partial charge in [0.15, 0.2) is 0 Å². The largest absolute Gasteiger partial charge is 0.261 e. The van der Waals surface area contributed by atoms with Crippen LogP contribution in [0.1, 0.15) is 27.9 Å². The van der Waals surface area contributed by atoms with Crippen molar-refractivity contribution < 1.29 is 0 Å². The Morgan fingerprint density at radius 3 is 2.36 bits per heavy atom. The molecule has 1 aliphatic rings. The van der Waals surface area contributed by atoms with Gasteiger partial charge in [0.1, 0.15) is 0 Å². The molecule has 0 bridgehead atoms. The molecule has 0 N–H and O–H groups in total. The lowest BCUT2D eigenvalue weighted by Crippen LogP contribution is -1.87. The van der Waals surface area contributed by atoms with Crippen LogP contribution in [0.15, 0.2) is 48.7 Å². The zero-order valence-electron chi connectivity index (χ0n) is 13.3. The summed E-state index contributed by atoms with van der Waals surface area (Å²) < 4.78 is 0. The molecule has 0 unspecified atom stereocenters. The average molecular weight is 285 g/mol. The van der Waals surface area contributed by atoms with Crippen LogP contribution in [0.4, 0.5) is 0 Å². The Morgan fingerprint density at radius 2 is 1.55 bits per heavy atom. The van der Waals surface area contributed by atoms with Crippen LogP contribution in [-0.4, -0.2) is 4.98 Å². The monoisotopic (exact) mass is 285 g/mol. The van der Waals surface area contributed by atoms with Gasteiger partial charge in [-0.3, -0.25) is 4.98 Å². The van der Waals surface area contributed by atoms with Crippen molar-refractivity contribution in [3.05, 3.63) is 76.6 Å². The molecule has 22 heavy (non-hydrogen) atoms. The first kappa shape index (κ1) is 13.3. The highest BCUT2D eigenvalue weighted by Gasteiger charge is 2.19. The summed E-state index contributed by atoms with van der Waals surface area (Å²) in [6.45, 7) is 6.40. The van der Waals surface area contributed by atoms with Crippen molar-refractivity contribution in [3.8, 4) is 22.3 Å². The minimum atomic E-state index is 1.02. The molecule has 0 fully saturated rings. The Kier molecular flexibility index (Phi) is 2.90. The van der Waals surface area contributed by atoms with Gasteiger partial charge in [0.05, 0.1) is 0 Å². The molecule has 1 heteroatoms. The Balaban J connectivity index is 1.81. The molecule has 4 rings (SSSR count). The van der Waals surface area contributed by atoms with Crippen molar-refractivity contribution in [1.29, 1.82) is 0 Å². The molecule has 3 aromatic rings. The van der Waals surface area contributed by atoms with Crippen molar-refractivity contribution in [3.63, 3.8) is 0 Å². The maximum absolute atomic E-state index is 4.45. The number of aromatic nitrogens is 1. The van der Waals surface area contributed by atoms with Gasteiger partial charge >= 0.3 is 0 Å². The van der Waals surface area contributed by atoms with Gasteiger partial charge in [-0.1, -0.05) is 42.0 Å². The molecule has 0 saturated heterocycles. The minimum absolute atomic E-state index is 1.02. The van der Waals surface area contributed by atoms with Crippen LogP contribution in [0, 0.1) is 20.8 Å². The van der Waals surface area contributed by atoms with Crippen molar-refractivity contribution >= 4 is 0 Å². The number of hydrogen-bond donors (Lipinski definition) is 0. The van der Waals surface area contributed by atoms with Crippen molar-refractivity contribution in [1.82, 2.24) is 4.98 Å². The first-order valence-electron chi connectivity index (χ1n) is 7.78. The maximum atomic E-state index is 4.45. The lowest BCUT2D eigenvalue weighted by Gasteiger charge is -2.09. The summed E-state index contributed by atoms with van der Waals surface area (Å²) in [6, 6.07) is 15.7. The van der Waals surface area contributed by atoms with Gasteiger partial charge in [0.2, 0.25) is 0 Å². The quantitative estimate of drug-likeness (QED) is 0.466.